The number of hydrogen-bond donors (Lipinski definition) is 1. The average molecular weight is 428 g/mol. The smallest absolute Gasteiger partial charge is 0.229 e. The Kier molecular flexibility index (Phi) is 5.76. The Hall–Kier alpha value is -3.78. The van der Waals surface area contributed by atoms with Crippen LogP contribution in [0.4, 0.5) is 17.5 Å². The number of hydrogen-bond acceptors (Lipinski definition) is 8. The average Bonchev–Trinajstić information content (AvgIpc) is 2.85. The van der Waals surface area contributed by atoms with Crippen molar-refractivity contribution in [2.75, 3.05) is 43.5 Å². The number of anilines is 3. The maximum atomic E-state index is 5.25. The van der Waals surface area contributed by atoms with Gasteiger partial charge in [0.2, 0.25) is 5.95 Å². The lowest BCUT2D eigenvalue weighted by atomic mass is 10.2. The van der Waals surface area contributed by atoms with Gasteiger partial charge in [-0.2, -0.15) is 9.97 Å². The third kappa shape index (κ3) is 4.45. The number of fused-ring (bicyclic) bond motifs is 1. The molecule has 0 unspecified atom stereocenters. The van der Waals surface area contributed by atoms with Crippen LogP contribution in [0.3, 0.4) is 0 Å². The van der Waals surface area contributed by atoms with Gasteiger partial charge < -0.3 is 15.0 Å². The minimum Gasteiger partial charge on any atom is -0.497 e. The molecule has 0 aliphatic carbocycles. The fraction of sp³-hybridized carbons (Fsp3) is 0.250. The van der Waals surface area contributed by atoms with Crippen molar-refractivity contribution in [3.05, 3.63) is 72.6 Å². The highest BCUT2D eigenvalue weighted by Gasteiger charge is 2.21. The van der Waals surface area contributed by atoms with Crippen LogP contribution in [0, 0.1) is 0 Å². The number of methoxy groups -OCH3 is 1. The van der Waals surface area contributed by atoms with E-state index in [1.54, 1.807) is 19.5 Å². The number of aromatic nitrogens is 4. The highest BCUT2D eigenvalue weighted by molar-refractivity contribution is 5.85. The minimum absolute atomic E-state index is 0.584. The fourth-order valence-corrected chi connectivity index (χ4v) is 3.84. The molecule has 1 N–H and O–H groups in total. The fourth-order valence-electron chi connectivity index (χ4n) is 3.84. The van der Waals surface area contributed by atoms with E-state index in [1.165, 1.54) is 5.56 Å². The molecule has 0 spiro atoms. The monoisotopic (exact) mass is 427 g/mol. The van der Waals surface area contributed by atoms with E-state index in [2.05, 4.69) is 55.4 Å². The summed E-state index contributed by atoms with van der Waals surface area (Å²) in [5.41, 5.74) is 3.47. The zero-order chi connectivity index (χ0) is 21.8. The first-order chi connectivity index (χ1) is 15.8. The first-order valence-electron chi connectivity index (χ1n) is 10.7. The van der Waals surface area contributed by atoms with E-state index in [9.17, 15) is 0 Å². The summed E-state index contributed by atoms with van der Waals surface area (Å²) >= 11 is 0. The molecule has 2 aromatic carbocycles. The van der Waals surface area contributed by atoms with Gasteiger partial charge in [-0.05, 0) is 29.8 Å². The lowest BCUT2D eigenvalue weighted by Gasteiger charge is -2.34. The van der Waals surface area contributed by atoms with Gasteiger partial charge in [-0.25, -0.2) is 9.97 Å². The van der Waals surface area contributed by atoms with E-state index in [0.717, 1.165) is 44.2 Å². The molecule has 8 nitrogen and oxygen atoms in total. The van der Waals surface area contributed by atoms with Crippen molar-refractivity contribution < 1.29 is 4.74 Å². The van der Waals surface area contributed by atoms with Crippen molar-refractivity contribution in [3.8, 4) is 5.75 Å². The van der Waals surface area contributed by atoms with E-state index < -0.39 is 0 Å². The predicted molar refractivity (Wildman–Crippen MR) is 125 cm³/mol. The van der Waals surface area contributed by atoms with Crippen LogP contribution >= 0.6 is 0 Å². The van der Waals surface area contributed by atoms with Crippen LogP contribution in [0.5, 0.6) is 5.75 Å². The molecule has 0 saturated carbocycles. The normalized spacial score (nSPS) is 14.5. The van der Waals surface area contributed by atoms with E-state index >= 15 is 0 Å². The molecule has 1 aliphatic heterocycles. The number of nitrogens with zero attached hydrogens (tertiary/aromatic N) is 6. The van der Waals surface area contributed by atoms with E-state index in [4.69, 9.17) is 14.7 Å². The van der Waals surface area contributed by atoms with Crippen LogP contribution in [0.1, 0.15) is 5.56 Å². The predicted octanol–water partition coefficient (Wildman–Crippen LogP) is 3.49. The van der Waals surface area contributed by atoms with Crippen LogP contribution in [0.25, 0.3) is 11.2 Å². The molecule has 2 aromatic heterocycles. The molecule has 8 heteroatoms. The van der Waals surface area contributed by atoms with Crippen molar-refractivity contribution in [3.63, 3.8) is 0 Å². The SMILES string of the molecule is COc1ccc(Nc2nc(N3CCN(Cc4ccccc4)CC3)nc3nccnc23)cc1. The molecule has 5 rings (SSSR count). The van der Waals surface area contributed by atoms with Crippen LogP contribution in [-0.4, -0.2) is 58.1 Å². The van der Waals surface area contributed by atoms with Gasteiger partial charge in [0.05, 0.1) is 7.11 Å². The standard InChI is InChI=1S/C24H25N7O/c1-32-20-9-7-19(8-10-20)27-23-21-22(26-12-11-25-21)28-24(29-23)31-15-13-30(14-16-31)17-18-5-3-2-4-6-18/h2-12H,13-17H2,1H3,(H,26,27,28,29). The van der Waals surface area contributed by atoms with Crippen LogP contribution in [0.15, 0.2) is 67.0 Å². The van der Waals surface area contributed by atoms with Crippen molar-refractivity contribution >= 4 is 28.6 Å². The maximum absolute atomic E-state index is 5.25. The highest BCUT2D eigenvalue weighted by atomic mass is 16.5. The number of ether oxygens (including phenoxy) is 1. The summed E-state index contributed by atoms with van der Waals surface area (Å²) in [4.78, 5) is 23.1. The number of benzene rings is 2. The Morgan fingerprint density at radius 1 is 0.875 bits per heavy atom. The molecule has 3 heterocycles. The second kappa shape index (κ2) is 9.15. The van der Waals surface area contributed by atoms with Gasteiger partial charge in [-0.3, -0.25) is 4.90 Å². The van der Waals surface area contributed by atoms with Crippen LogP contribution < -0.4 is 15.0 Å². The highest BCUT2D eigenvalue weighted by Crippen LogP contribution is 2.25. The molecule has 1 aliphatic rings. The summed E-state index contributed by atoms with van der Waals surface area (Å²) < 4.78 is 5.25. The largest absolute Gasteiger partial charge is 0.497 e. The van der Waals surface area contributed by atoms with Gasteiger partial charge in [-0.1, -0.05) is 30.3 Å². The Labute approximate surface area is 186 Å². The lowest BCUT2D eigenvalue weighted by molar-refractivity contribution is 0.249. The first kappa shape index (κ1) is 20.1. The summed E-state index contributed by atoms with van der Waals surface area (Å²) in [5, 5.41) is 3.37. The molecule has 4 aromatic rings. The second-order valence-corrected chi connectivity index (χ2v) is 7.70. The van der Waals surface area contributed by atoms with Crippen LogP contribution in [-0.2, 0) is 6.54 Å². The van der Waals surface area contributed by atoms with Crippen molar-refractivity contribution in [1.29, 1.82) is 0 Å². The summed E-state index contributed by atoms with van der Waals surface area (Å²) in [7, 11) is 1.65. The third-order valence-corrected chi connectivity index (χ3v) is 5.58. The molecular formula is C24H25N7O. The molecule has 0 amide bonds. The van der Waals surface area contributed by atoms with Crippen molar-refractivity contribution in [2.24, 2.45) is 0 Å². The Balaban J connectivity index is 1.35. The van der Waals surface area contributed by atoms with Gasteiger partial charge in [0.15, 0.2) is 17.0 Å². The molecule has 0 bridgehead atoms. The zero-order valence-electron chi connectivity index (χ0n) is 18.0. The van der Waals surface area contributed by atoms with Gasteiger partial charge in [0, 0.05) is 50.8 Å². The van der Waals surface area contributed by atoms with E-state index in [1.807, 2.05) is 24.3 Å². The van der Waals surface area contributed by atoms with Crippen LogP contribution in [0.2, 0.25) is 0 Å². The molecule has 1 saturated heterocycles. The first-order valence-corrected chi connectivity index (χ1v) is 10.7. The Morgan fingerprint density at radius 3 is 2.38 bits per heavy atom. The summed E-state index contributed by atoms with van der Waals surface area (Å²) in [6, 6.07) is 18.3. The van der Waals surface area contributed by atoms with Gasteiger partial charge >= 0.3 is 0 Å². The van der Waals surface area contributed by atoms with Gasteiger partial charge in [0.25, 0.3) is 0 Å². The van der Waals surface area contributed by atoms with Gasteiger partial charge in [-0.15, -0.1) is 0 Å². The molecule has 162 valence electrons. The number of piperazine rings is 1. The van der Waals surface area contributed by atoms with Gasteiger partial charge in [0.1, 0.15) is 5.75 Å². The summed E-state index contributed by atoms with van der Waals surface area (Å²) in [5.74, 6) is 2.13. The third-order valence-electron chi connectivity index (χ3n) is 5.58. The summed E-state index contributed by atoms with van der Waals surface area (Å²) in [6.45, 7) is 4.60. The number of rotatable bonds is 6. The minimum atomic E-state index is 0.584. The number of nitrogens with one attached hydrogen (secondary N) is 1. The molecule has 0 atom stereocenters. The van der Waals surface area contributed by atoms with E-state index in [0.29, 0.717) is 22.9 Å². The Morgan fingerprint density at radius 2 is 1.62 bits per heavy atom. The molecule has 1 fully saturated rings. The molecular weight excluding hydrogens is 402 g/mol. The van der Waals surface area contributed by atoms with Crippen molar-refractivity contribution in [2.45, 2.75) is 6.54 Å². The van der Waals surface area contributed by atoms with E-state index in [-0.39, 0.29) is 0 Å². The summed E-state index contributed by atoms with van der Waals surface area (Å²) in [6.07, 6.45) is 3.32. The molecule has 0 radical (unpaired) electrons. The van der Waals surface area contributed by atoms with Crippen molar-refractivity contribution in [1.82, 2.24) is 24.8 Å². The zero-order valence-corrected chi connectivity index (χ0v) is 18.0. The molecule has 32 heavy (non-hydrogen) atoms. The second-order valence-electron chi connectivity index (χ2n) is 7.70. The lowest BCUT2D eigenvalue weighted by Crippen LogP contribution is -2.46. The topological polar surface area (TPSA) is 79.3 Å². The Bertz CT molecular complexity index is 1180. The quantitative estimate of drug-likeness (QED) is 0.501. The maximum Gasteiger partial charge on any atom is 0.229 e.